The van der Waals surface area contributed by atoms with Crippen molar-refractivity contribution >= 4 is 27.6 Å². The molecule has 0 aliphatic heterocycles. The van der Waals surface area contributed by atoms with Gasteiger partial charge in [-0.2, -0.15) is 0 Å². The second-order valence-corrected chi connectivity index (χ2v) is 11.9. The largest absolute Gasteiger partial charge is 0.309 e. The Labute approximate surface area is 256 Å². The minimum Gasteiger partial charge on any atom is -0.309 e. The molecule has 0 atom stereocenters. The van der Waals surface area contributed by atoms with E-state index in [-0.39, 0.29) is 0 Å². The van der Waals surface area contributed by atoms with Crippen LogP contribution in [-0.2, 0) is 0 Å². The number of aryl methyl sites for hydroxylation is 4. The first-order chi connectivity index (χ1) is 21.5. The van der Waals surface area contributed by atoms with E-state index < -0.39 is 0 Å². The zero-order valence-corrected chi connectivity index (χ0v) is 25.3. The average molecular weight is 569 g/mol. The Bertz CT molecular complexity index is 2280. The monoisotopic (exact) mass is 568 g/mol. The quantitative estimate of drug-likeness (QED) is 0.212. The fourth-order valence-electron chi connectivity index (χ4n) is 6.85. The minimum absolute atomic E-state index is 0.685. The van der Waals surface area contributed by atoms with Gasteiger partial charge in [-0.15, -0.1) is 0 Å². The van der Waals surface area contributed by atoms with Crippen LogP contribution in [0.15, 0.2) is 122 Å². The highest BCUT2D eigenvalue weighted by Gasteiger charge is 2.19. The summed E-state index contributed by atoms with van der Waals surface area (Å²) in [5.74, 6) is 0.685. The standard InChI is InChI=1S/C40H32N4/c1-25-19-27(3)37-34(21-25)35-22-26(2)20-28(4)38(35)44(37)33-17-15-29(16-18-33)32-23-41-40-42-36(30-11-7-5-8-12-30)39(43(40)24-32)31-13-9-6-10-14-31/h5-24H,1-4H3. The zero-order valence-electron chi connectivity index (χ0n) is 25.3. The molecule has 0 saturated heterocycles. The lowest BCUT2D eigenvalue weighted by molar-refractivity contribution is 1.11. The van der Waals surface area contributed by atoms with Crippen molar-refractivity contribution in [3.8, 4) is 39.3 Å². The minimum atomic E-state index is 0.685. The molecule has 44 heavy (non-hydrogen) atoms. The highest BCUT2D eigenvalue weighted by atomic mass is 15.1. The smallest absolute Gasteiger partial charge is 0.234 e. The molecule has 3 aromatic heterocycles. The van der Waals surface area contributed by atoms with Crippen molar-refractivity contribution in [2.45, 2.75) is 27.7 Å². The molecule has 0 spiro atoms. The van der Waals surface area contributed by atoms with E-state index in [4.69, 9.17) is 9.97 Å². The molecule has 4 nitrogen and oxygen atoms in total. The lowest BCUT2D eigenvalue weighted by atomic mass is 10.0. The predicted octanol–water partition coefficient (Wildman–Crippen LogP) is 10.1. The molecular weight excluding hydrogens is 536 g/mol. The first-order valence-corrected chi connectivity index (χ1v) is 15.1. The van der Waals surface area contributed by atoms with Crippen LogP contribution in [0.4, 0.5) is 0 Å². The maximum atomic E-state index is 4.98. The van der Waals surface area contributed by atoms with Crippen molar-refractivity contribution in [3.63, 3.8) is 0 Å². The summed E-state index contributed by atoms with van der Waals surface area (Å²) in [4.78, 5) is 9.81. The maximum Gasteiger partial charge on any atom is 0.234 e. The highest BCUT2D eigenvalue weighted by Crippen LogP contribution is 2.38. The fraction of sp³-hybridized carbons (Fsp3) is 0.100. The van der Waals surface area contributed by atoms with Crippen molar-refractivity contribution in [2.75, 3.05) is 0 Å². The normalized spacial score (nSPS) is 11.6. The third kappa shape index (κ3) is 4.14. The number of nitrogens with zero attached hydrogens (tertiary/aromatic N) is 4. The molecule has 0 fully saturated rings. The topological polar surface area (TPSA) is 35.1 Å². The third-order valence-corrected chi connectivity index (χ3v) is 8.66. The van der Waals surface area contributed by atoms with Crippen LogP contribution < -0.4 is 0 Å². The summed E-state index contributed by atoms with van der Waals surface area (Å²) in [7, 11) is 0. The number of hydrogen-bond acceptors (Lipinski definition) is 2. The predicted molar refractivity (Wildman–Crippen MR) is 183 cm³/mol. The molecule has 0 aliphatic rings. The number of hydrogen-bond donors (Lipinski definition) is 0. The number of imidazole rings is 1. The van der Waals surface area contributed by atoms with Gasteiger partial charge in [-0.1, -0.05) is 96.1 Å². The molecule has 0 N–H and O–H groups in total. The molecular formula is C40H32N4. The van der Waals surface area contributed by atoms with Gasteiger partial charge in [0.15, 0.2) is 0 Å². The average Bonchev–Trinajstić information content (AvgIpc) is 3.58. The van der Waals surface area contributed by atoms with E-state index in [0.717, 1.165) is 39.3 Å². The molecule has 0 aliphatic carbocycles. The Morgan fingerprint density at radius 3 is 1.70 bits per heavy atom. The first-order valence-electron chi connectivity index (χ1n) is 15.1. The van der Waals surface area contributed by atoms with E-state index in [1.54, 1.807) is 0 Å². The summed E-state index contributed by atoms with van der Waals surface area (Å²) in [5.41, 5.74) is 15.2. The molecule has 0 radical (unpaired) electrons. The molecule has 0 bridgehead atoms. The lowest BCUT2D eigenvalue weighted by Crippen LogP contribution is -1.98. The number of aromatic nitrogens is 4. The Balaban J connectivity index is 1.29. The SMILES string of the molecule is Cc1cc(C)c2c(c1)c1cc(C)cc(C)c1n2-c1ccc(-c2cnc3nc(-c4ccccc4)c(-c4ccccc4)n3c2)cc1. The van der Waals surface area contributed by atoms with Gasteiger partial charge in [0.25, 0.3) is 0 Å². The highest BCUT2D eigenvalue weighted by molar-refractivity contribution is 6.11. The van der Waals surface area contributed by atoms with Crippen LogP contribution >= 0.6 is 0 Å². The Hall–Kier alpha value is -5.48. The molecule has 0 amide bonds. The van der Waals surface area contributed by atoms with Crippen LogP contribution in [0.3, 0.4) is 0 Å². The summed E-state index contributed by atoms with van der Waals surface area (Å²) in [5, 5.41) is 2.62. The fourth-order valence-corrected chi connectivity index (χ4v) is 6.85. The Kier molecular flexibility index (Phi) is 5.98. The number of benzene rings is 5. The molecule has 4 heteroatoms. The second kappa shape index (κ2) is 10.1. The molecule has 8 rings (SSSR count). The Morgan fingerprint density at radius 2 is 1.11 bits per heavy atom. The molecule has 8 aromatic rings. The van der Waals surface area contributed by atoms with E-state index >= 15 is 0 Å². The van der Waals surface area contributed by atoms with Gasteiger partial charge in [-0.05, 0) is 68.7 Å². The van der Waals surface area contributed by atoms with Gasteiger partial charge in [-0.25, -0.2) is 9.97 Å². The van der Waals surface area contributed by atoms with Gasteiger partial charge >= 0.3 is 0 Å². The van der Waals surface area contributed by atoms with E-state index in [2.05, 4.69) is 140 Å². The summed E-state index contributed by atoms with van der Waals surface area (Å²) in [6, 6.07) is 38.9. The van der Waals surface area contributed by atoms with Gasteiger partial charge in [-0.3, -0.25) is 4.40 Å². The van der Waals surface area contributed by atoms with Crippen molar-refractivity contribution in [3.05, 3.63) is 144 Å². The van der Waals surface area contributed by atoms with Crippen molar-refractivity contribution in [1.29, 1.82) is 0 Å². The second-order valence-electron chi connectivity index (χ2n) is 11.9. The maximum absolute atomic E-state index is 4.98. The van der Waals surface area contributed by atoms with Gasteiger partial charge in [0, 0.05) is 45.5 Å². The van der Waals surface area contributed by atoms with Crippen LogP contribution in [0.25, 0.3) is 66.9 Å². The van der Waals surface area contributed by atoms with Crippen LogP contribution in [0.1, 0.15) is 22.3 Å². The summed E-state index contributed by atoms with van der Waals surface area (Å²) < 4.78 is 4.57. The van der Waals surface area contributed by atoms with Gasteiger partial charge in [0.2, 0.25) is 5.78 Å². The van der Waals surface area contributed by atoms with Gasteiger partial charge in [0.1, 0.15) is 0 Å². The number of fused-ring (bicyclic) bond motifs is 4. The number of rotatable bonds is 4. The van der Waals surface area contributed by atoms with Crippen LogP contribution in [-0.4, -0.2) is 18.9 Å². The van der Waals surface area contributed by atoms with Crippen molar-refractivity contribution in [1.82, 2.24) is 18.9 Å². The Morgan fingerprint density at radius 1 is 0.545 bits per heavy atom. The van der Waals surface area contributed by atoms with E-state index in [0.29, 0.717) is 5.78 Å². The molecule has 0 saturated carbocycles. The van der Waals surface area contributed by atoms with E-state index in [1.807, 2.05) is 18.3 Å². The summed E-state index contributed by atoms with van der Waals surface area (Å²) in [6.45, 7) is 8.82. The van der Waals surface area contributed by atoms with E-state index in [9.17, 15) is 0 Å². The summed E-state index contributed by atoms with van der Waals surface area (Å²) >= 11 is 0. The van der Waals surface area contributed by atoms with Crippen LogP contribution in [0.5, 0.6) is 0 Å². The van der Waals surface area contributed by atoms with Crippen LogP contribution in [0.2, 0.25) is 0 Å². The van der Waals surface area contributed by atoms with Gasteiger partial charge in [0.05, 0.1) is 22.4 Å². The zero-order chi connectivity index (χ0) is 29.9. The molecule has 0 unspecified atom stereocenters. The molecule has 5 aromatic carbocycles. The molecule has 3 heterocycles. The summed E-state index contributed by atoms with van der Waals surface area (Å²) in [6.07, 6.45) is 4.10. The van der Waals surface area contributed by atoms with Crippen LogP contribution in [0, 0.1) is 27.7 Å². The van der Waals surface area contributed by atoms with E-state index in [1.165, 1.54) is 44.1 Å². The van der Waals surface area contributed by atoms with Crippen molar-refractivity contribution in [2.24, 2.45) is 0 Å². The first kappa shape index (κ1) is 26.2. The third-order valence-electron chi connectivity index (χ3n) is 8.66. The van der Waals surface area contributed by atoms with Gasteiger partial charge < -0.3 is 4.57 Å². The molecule has 212 valence electrons. The van der Waals surface area contributed by atoms with Crippen molar-refractivity contribution < 1.29 is 0 Å². The lowest BCUT2D eigenvalue weighted by Gasteiger charge is -2.13.